The highest BCUT2D eigenvalue weighted by atomic mass is 19.1. The van der Waals surface area contributed by atoms with Gasteiger partial charge in [0.25, 0.3) is 11.4 Å². The van der Waals surface area contributed by atoms with Gasteiger partial charge in [-0.05, 0) is 62.7 Å². The molecule has 0 amide bonds. The molecule has 6 nitrogen and oxygen atoms in total. The summed E-state index contributed by atoms with van der Waals surface area (Å²) < 4.78 is 30.8. The summed E-state index contributed by atoms with van der Waals surface area (Å²) in [5, 5.41) is 29.5. The zero-order chi connectivity index (χ0) is 31.1. The topological polar surface area (TPSA) is 84.4 Å². The van der Waals surface area contributed by atoms with Crippen LogP contribution >= 0.6 is 0 Å². The third-order valence-electron chi connectivity index (χ3n) is 7.59. The molecule has 0 atom stereocenters. The van der Waals surface area contributed by atoms with Gasteiger partial charge in [-0.25, -0.2) is 33.8 Å². The molecule has 8 heteroatoms. The fourth-order valence-corrected chi connectivity index (χ4v) is 5.89. The summed E-state index contributed by atoms with van der Waals surface area (Å²) in [5.41, 5.74) is 3.50. The van der Waals surface area contributed by atoms with E-state index in [2.05, 4.69) is 14.5 Å². The Kier molecular flexibility index (Phi) is 6.39. The predicted molar refractivity (Wildman–Crippen MR) is 160 cm³/mol. The molecular weight excluding hydrogens is 554 g/mol. The first-order valence-electron chi connectivity index (χ1n) is 12.9. The van der Waals surface area contributed by atoms with Crippen molar-refractivity contribution in [2.24, 2.45) is 0 Å². The first kappa shape index (κ1) is 27.1. The molecule has 0 bridgehead atoms. The average Bonchev–Trinajstić information content (AvgIpc) is 3.56. The fraction of sp³-hybridized carbons (Fsp3) is 0. The van der Waals surface area contributed by atoms with Crippen molar-refractivity contribution in [3.63, 3.8) is 0 Å². The first-order chi connectivity index (χ1) is 21.4. The molecular formula is C36H12F2N6. The highest BCUT2D eigenvalue weighted by Gasteiger charge is 2.42. The van der Waals surface area contributed by atoms with E-state index in [1.54, 1.807) is 36.4 Å². The number of halogens is 2. The molecule has 0 aliphatic heterocycles. The van der Waals surface area contributed by atoms with E-state index in [0.29, 0.717) is 44.5 Å². The summed E-state index contributed by atoms with van der Waals surface area (Å²) in [6.07, 6.45) is 0. The lowest BCUT2D eigenvalue weighted by Gasteiger charge is -2.19. The van der Waals surface area contributed by atoms with Crippen LogP contribution in [0.4, 0.5) is 14.5 Å². The van der Waals surface area contributed by atoms with Gasteiger partial charge in [-0.2, -0.15) is 5.26 Å². The van der Waals surface area contributed by atoms with E-state index >= 15 is 8.78 Å². The second-order valence-corrected chi connectivity index (χ2v) is 9.68. The van der Waals surface area contributed by atoms with E-state index in [9.17, 15) is 15.8 Å². The number of nitriles is 3. The number of benzene rings is 4. The van der Waals surface area contributed by atoms with E-state index in [1.807, 2.05) is 18.2 Å². The minimum absolute atomic E-state index is 0.103. The van der Waals surface area contributed by atoms with E-state index in [1.165, 1.54) is 24.3 Å². The van der Waals surface area contributed by atoms with E-state index in [-0.39, 0.29) is 44.9 Å². The Labute approximate surface area is 250 Å². The Morgan fingerprint density at radius 3 is 1.48 bits per heavy atom. The van der Waals surface area contributed by atoms with Crippen LogP contribution in [0, 0.1) is 65.3 Å². The largest absolute Gasteiger partial charge is 0.270 e. The normalized spacial score (nSPS) is 14.5. The van der Waals surface area contributed by atoms with Crippen molar-refractivity contribution in [3.8, 4) is 40.5 Å². The summed E-state index contributed by atoms with van der Waals surface area (Å²) in [5.74, 6) is -1.35. The maximum atomic E-state index is 15.4. The summed E-state index contributed by atoms with van der Waals surface area (Å²) in [4.78, 5) is 10.3. The Morgan fingerprint density at radius 2 is 1.07 bits per heavy atom. The van der Waals surface area contributed by atoms with Crippen LogP contribution in [0.1, 0.15) is 27.8 Å². The Morgan fingerprint density at radius 1 is 0.591 bits per heavy atom. The van der Waals surface area contributed by atoms with Crippen molar-refractivity contribution < 1.29 is 8.78 Å². The van der Waals surface area contributed by atoms with Gasteiger partial charge in [0, 0.05) is 22.3 Å². The molecule has 2 aliphatic rings. The van der Waals surface area contributed by atoms with Crippen molar-refractivity contribution in [3.05, 3.63) is 158 Å². The quantitative estimate of drug-likeness (QED) is 0.179. The van der Waals surface area contributed by atoms with E-state index in [0.717, 1.165) is 12.1 Å². The molecule has 0 saturated carbocycles. The molecule has 0 aromatic heterocycles. The first-order valence-corrected chi connectivity index (χ1v) is 12.9. The Bertz CT molecular complexity index is 2170. The van der Waals surface area contributed by atoms with Gasteiger partial charge in [0.2, 0.25) is 0 Å². The minimum Gasteiger partial charge on any atom is -0.238 e. The van der Waals surface area contributed by atoms with Crippen molar-refractivity contribution in [1.82, 2.24) is 0 Å². The van der Waals surface area contributed by atoms with Gasteiger partial charge >= 0.3 is 0 Å². The molecule has 0 unspecified atom stereocenters. The third kappa shape index (κ3) is 3.79. The molecule has 0 N–H and O–H groups in total. The van der Waals surface area contributed by atoms with Crippen LogP contribution in [0.3, 0.4) is 0 Å². The smallest absolute Gasteiger partial charge is 0.238 e. The molecule has 0 fully saturated rings. The molecule has 2 aliphatic carbocycles. The maximum Gasteiger partial charge on any atom is 0.270 e. The zero-order valence-electron chi connectivity index (χ0n) is 22.4. The van der Waals surface area contributed by atoms with Gasteiger partial charge in [0.15, 0.2) is 5.69 Å². The second kappa shape index (κ2) is 10.4. The van der Waals surface area contributed by atoms with Crippen LogP contribution in [-0.4, -0.2) is 0 Å². The van der Waals surface area contributed by atoms with Gasteiger partial charge in [-0.3, -0.25) is 0 Å². The molecule has 4 aromatic rings. The van der Waals surface area contributed by atoms with E-state index < -0.39 is 11.6 Å². The van der Waals surface area contributed by atoms with Gasteiger partial charge < -0.3 is 0 Å². The van der Waals surface area contributed by atoms with Gasteiger partial charge in [-0.15, -0.1) is 0 Å². The highest BCUT2D eigenvalue weighted by Crippen LogP contribution is 2.62. The molecule has 0 radical (unpaired) electrons. The standard InChI is InChI=1S/C36H12F2N6/c1-42-20-11-13-22(28(38)15-20)24-7-5-9-26-32(24)36(30(18-41)44-3)33-25-8-4-6-23(21-12-10-19(16-39)14-27(21)37)31(25)35(34(26)33)29(17-40)43-2/h4-15H/b35-29-,36-30+. The lowest BCUT2D eigenvalue weighted by molar-refractivity contribution is 0.630. The number of hydrogen-bond acceptors (Lipinski definition) is 3. The number of nitrogens with zero attached hydrogens (tertiary/aromatic N) is 6. The van der Waals surface area contributed by atoms with Crippen molar-refractivity contribution in [2.75, 3.05) is 0 Å². The third-order valence-corrected chi connectivity index (χ3v) is 7.59. The van der Waals surface area contributed by atoms with Crippen LogP contribution in [-0.2, 0) is 0 Å². The van der Waals surface area contributed by atoms with Crippen LogP contribution < -0.4 is 0 Å². The summed E-state index contributed by atoms with van der Waals surface area (Å²) in [6, 6.07) is 23.9. The van der Waals surface area contributed by atoms with Crippen LogP contribution in [0.2, 0.25) is 0 Å². The lowest BCUT2D eigenvalue weighted by atomic mass is 9.84. The zero-order valence-corrected chi connectivity index (χ0v) is 22.4. The number of fused-ring (bicyclic) bond motifs is 4. The average molecular weight is 567 g/mol. The Balaban J connectivity index is 1.75. The minimum atomic E-state index is -0.680. The second-order valence-electron chi connectivity index (χ2n) is 9.68. The van der Waals surface area contributed by atoms with Crippen molar-refractivity contribution in [2.45, 2.75) is 0 Å². The van der Waals surface area contributed by atoms with Gasteiger partial charge in [-0.1, -0.05) is 54.6 Å². The van der Waals surface area contributed by atoms with Crippen molar-refractivity contribution >= 4 is 28.0 Å². The van der Waals surface area contributed by atoms with Crippen LogP contribution in [0.5, 0.6) is 0 Å². The molecule has 4 aromatic carbocycles. The monoisotopic (exact) mass is 566 g/mol. The Hall–Kier alpha value is -7.10. The number of allylic oxidation sites excluding steroid dienone is 6. The summed E-state index contributed by atoms with van der Waals surface area (Å²) in [6.45, 7) is 22.9. The molecule has 44 heavy (non-hydrogen) atoms. The fourth-order valence-electron chi connectivity index (χ4n) is 5.89. The summed E-state index contributed by atoms with van der Waals surface area (Å²) >= 11 is 0. The maximum absolute atomic E-state index is 15.4. The molecule has 0 spiro atoms. The SMILES string of the molecule is [C-]#[N+]/C(C#N)=C1C2=C(/C(=C(\C#N)[N+]#[C-])c3c2cccc3-c2ccc([N+]#[C-])cc2F)c2cccc(-c3ccc(C#N)cc3F)c2\1. The predicted octanol–water partition coefficient (Wildman–Crippen LogP) is 8.97. The highest BCUT2D eigenvalue weighted by molar-refractivity contribution is 6.39. The number of rotatable bonds is 2. The van der Waals surface area contributed by atoms with Crippen LogP contribution in [0.25, 0.3) is 59.1 Å². The molecule has 200 valence electrons. The lowest BCUT2D eigenvalue weighted by Crippen LogP contribution is -2.00. The summed E-state index contributed by atoms with van der Waals surface area (Å²) in [7, 11) is 0. The van der Waals surface area contributed by atoms with E-state index in [4.69, 9.17) is 19.7 Å². The van der Waals surface area contributed by atoms with Gasteiger partial charge in [0.1, 0.15) is 11.6 Å². The molecule has 0 saturated heterocycles. The number of hydrogen-bond donors (Lipinski definition) is 0. The molecule has 0 heterocycles. The molecule has 6 rings (SSSR count). The van der Waals surface area contributed by atoms with Crippen LogP contribution in [0.15, 0.2) is 84.2 Å². The van der Waals surface area contributed by atoms with Crippen molar-refractivity contribution in [1.29, 1.82) is 15.8 Å². The van der Waals surface area contributed by atoms with Gasteiger partial charge in [0.05, 0.1) is 43.5 Å².